The number of halogens is 1. The first-order chi connectivity index (χ1) is 9.76. The molecule has 21 heavy (non-hydrogen) atoms. The Morgan fingerprint density at radius 2 is 2.05 bits per heavy atom. The predicted molar refractivity (Wildman–Crippen MR) is 85.3 cm³/mol. The lowest BCUT2D eigenvalue weighted by Gasteiger charge is -2.10. The van der Waals surface area contributed by atoms with Crippen LogP contribution in [0, 0.1) is 13.8 Å². The van der Waals surface area contributed by atoms with Crippen LogP contribution in [0.25, 0.3) is 0 Å². The fourth-order valence-corrected chi connectivity index (χ4v) is 2.79. The molecule has 0 amide bonds. The Hall–Kier alpha value is -1.73. The molecule has 0 spiro atoms. The number of aromatic amines is 1. The van der Waals surface area contributed by atoms with Crippen molar-refractivity contribution in [1.29, 1.82) is 0 Å². The van der Waals surface area contributed by atoms with Crippen molar-refractivity contribution in [2.24, 2.45) is 0 Å². The Morgan fingerprint density at radius 1 is 1.33 bits per heavy atom. The summed E-state index contributed by atoms with van der Waals surface area (Å²) < 4.78 is 24.8. The van der Waals surface area contributed by atoms with Crippen LogP contribution in [0.1, 0.15) is 17.0 Å². The number of hydrogen-bond donors (Lipinski definition) is 3. The van der Waals surface area contributed by atoms with Crippen LogP contribution in [-0.4, -0.2) is 24.9 Å². The topological polar surface area (TPSA) is 86.9 Å². The molecule has 0 aliphatic rings. The van der Waals surface area contributed by atoms with E-state index in [0.717, 1.165) is 28.9 Å². The smallest absolute Gasteiger partial charge is 0.229 e. The second-order valence-corrected chi connectivity index (χ2v) is 6.99. The maximum absolute atomic E-state index is 11.2. The summed E-state index contributed by atoms with van der Waals surface area (Å²) in [5, 5.41) is 10.6. The molecule has 0 unspecified atom stereocenters. The molecule has 3 N–H and O–H groups in total. The highest BCUT2D eigenvalue weighted by molar-refractivity contribution is 7.92. The van der Waals surface area contributed by atoms with Gasteiger partial charge in [0.25, 0.3) is 0 Å². The van der Waals surface area contributed by atoms with Crippen LogP contribution < -0.4 is 10.0 Å². The second kappa shape index (κ2) is 5.95. The minimum atomic E-state index is -3.34. The van der Waals surface area contributed by atoms with Gasteiger partial charge in [-0.2, -0.15) is 5.10 Å². The van der Waals surface area contributed by atoms with E-state index >= 15 is 0 Å². The minimum absolute atomic E-state index is 0.339. The number of nitrogens with one attached hydrogen (secondary N) is 3. The van der Waals surface area contributed by atoms with Crippen molar-refractivity contribution in [3.63, 3.8) is 0 Å². The molecule has 0 aliphatic carbocycles. The summed E-state index contributed by atoms with van der Waals surface area (Å²) in [4.78, 5) is 0. The number of aryl methyl sites for hydroxylation is 2. The molecule has 6 nitrogen and oxygen atoms in total. The number of sulfonamides is 1. The quantitative estimate of drug-likeness (QED) is 0.787. The Balaban J connectivity index is 2.10. The molecule has 1 aromatic carbocycles. The zero-order valence-electron chi connectivity index (χ0n) is 12.0. The van der Waals surface area contributed by atoms with E-state index in [1.807, 2.05) is 13.8 Å². The third-order valence-electron chi connectivity index (χ3n) is 3.01. The molecule has 2 rings (SSSR count). The number of anilines is 2. The highest BCUT2D eigenvalue weighted by atomic mass is 35.5. The summed E-state index contributed by atoms with van der Waals surface area (Å²) in [6.07, 6.45) is 1.08. The van der Waals surface area contributed by atoms with E-state index in [0.29, 0.717) is 17.3 Å². The normalized spacial score (nSPS) is 11.4. The maximum Gasteiger partial charge on any atom is 0.229 e. The van der Waals surface area contributed by atoms with Crippen LogP contribution in [0.3, 0.4) is 0 Å². The van der Waals surface area contributed by atoms with Crippen LogP contribution in [0.2, 0.25) is 5.02 Å². The van der Waals surface area contributed by atoms with Crippen LogP contribution in [-0.2, 0) is 16.6 Å². The first kappa shape index (κ1) is 15.7. The summed E-state index contributed by atoms with van der Waals surface area (Å²) in [7, 11) is -3.34. The number of benzene rings is 1. The zero-order valence-corrected chi connectivity index (χ0v) is 13.6. The summed E-state index contributed by atoms with van der Waals surface area (Å²) in [6, 6.07) is 5.07. The molecule has 8 heteroatoms. The molecule has 1 aromatic heterocycles. The van der Waals surface area contributed by atoms with Gasteiger partial charge in [-0.25, -0.2) is 8.42 Å². The van der Waals surface area contributed by atoms with Gasteiger partial charge in [0.15, 0.2) is 0 Å². The molecule has 0 fully saturated rings. The minimum Gasteiger partial charge on any atom is -0.381 e. The molecular weight excluding hydrogens is 312 g/mol. The Kier molecular flexibility index (Phi) is 4.43. The van der Waals surface area contributed by atoms with Gasteiger partial charge < -0.3 is 5.32 Å². The van der Waals surface area contributed by atoms with Gasteiger partial charge >= 0.3 is 0 Å². The standard InChI is InChI=1S/C13H17ClN4O2S/c1-8-11(9(2)17-16-8)7-15-10-4-5-13(12(14)6-10)18-21(3,19)20/h4-6,15,18H,7H2,1-3H3,(H,16,17). The van der Waals surface area contributed by atoms with E-state index in [-0.39, 0.29) is 0 Å². The van der Waals surface area contributed by atoms with Gasteiger partial charge in [-0.05, 0) is 32.0 Å². The van der Waals surface area contributed by atoms with E-state index in [2.05, 4.69) is 20.2 Å². The van der Waals surface area contributed by atoms with Gasteiger partial charge in [-0.3, -0.25) is 9.82 Å². The molecule has 0 saturated heterocycles. The molecule has 1 heterocycles. The van der Waals surface area contributed by atoms with Crippen molar-refractivity contribution in [3.05, 3.63) is 40.2 Å². The van der Waals surface area contributed by atoms with Gasteiger partial charge in [0.1, 0.15) is 0 Å². The first-order valence-electron chi connectivity index (χ1n) is 6.28. The largest absolute Gasteiger partial charge is 0.381 e. The number of H-pyrrole nitrogens is 1. The van der Waals surface area contributed by atoms with E-state index in [1.165, 1.54) is 0 Å². The van der Waals surface area contributed by atoms with E-state index < -0.39 is 10.0 Å². The predicted octanol–water partition coefficient (Wildman–Crippen LogP) is 2.66. The third kappa shape index (κ3) is 4.12. The molecule has 0 atom stereocenters. The van der Waals surface area contributed by atoms with Gasteiger partial charge in [0.2, 0.25) is 10.0 Å². The van der Waals surface area contributed by atoms with Crippen LogP contribution >= 0.6 is 11.6 Å². The molecule has 2 aromatic rings. The molecule has 0 radical (unpaired) electrons. The van der Waals surface area contributed by atoms with Crippen molar-refractivity contribution in [2.75, 3.05) is 16.3 Å². The Bertz CT molecular complexity index is 736. The van der Waals surface area contributed by atoms with E-state index in [1.54, 1.807) is 18.2 Å². The summed E-state index contributed by atoms with van der Waals surface area (Å²) in [5.41, 5.74) is 4.23. The monoisotopic (exact) mass is 328 g/mol. The molecule has 0 saturated carbocycles. The third-order valence-corrected chi connectivity index (χ3v) is 3.92. The number of aromatic nitrogens is 2. The molecular formula is C13H17ClN4O2S. The van der Waals surface area contributed by atoms with Crippen LogP contribution in [0.15, 0.2) is 18.2 Å². The van der Waals surface area contributed by atoms with Crippen LogP contribution in [0.4, 0.5) is 11.4 Å². The van der Waals surface area contributed by atoms with E-state index in [4.69, 9.17) is 11.6 Å². The van der Waals surface area contributed by atoms with Gasteiger partial charge in [0, 0.05) is 23.5 Å². The van der Waals surface area contributed by atoms with Crippen molar-refractivity contribution >= 4 is 33.0 Å². The maximum atomic E-state index is 11.2. The zero-order chi connectivity index (χ0) is 15.6. The number of nitrogens with zero attached hydrogens (tertiary/aromatic N) is 1. The lowest BCUT2D eigenvalue weighted by atomic mass is 10.2. The second-order valence-electron chi connectivity index (χ2n) is 4.83. The van der Waals surface area contributed by atoms with Crippen molar-refractivity contribution in [3.8, 4) is 0 Å². The summed E-state index contributed by atoms with van der Waals surface area (Å²) in [6.45, 7) is 4.51. The van der Waals surface area contributed by atoms with E-state index in [9.17, 15) is 8.42 Å². The van der Waals surface area contributed by atoms with Crippen molar-refractivity contribution < 1.29 is 8.42 Å². The lowest BCUT2D eigenvalue weighted by molar-refractivity contribution is 0.607. The number of rotatable bonds is 5. The lowest BCUT2D eigenvalue weighted by Crippen LogP contribution is -2.10. The Labute approximate surface area is 129 Å². The number of hydrogen-bond acceptors (Lipinski definition) is 4. The van der Waals surface area contributed by atoms with Gasteiger partial charge in [0.05, 0.1) is 22.7 Å². The first-order valence-corrected chi connectivity index (χ1v) is 8.55. The molecule has 114 valence electrons. The average molecular weight is 329 g/mol. The van der Waals surface area contributed by atoms with Crippen molar-refractivity contribution in [1.82, 2.24) is 10.2 Å². The summed E-state index contributed by atoms with van der Waals surface area (Å²) >= 11 is 6.07. The summed E-state index contributed by atoms with van der Waals surface area (Å²) in [5.74, 6) is 0. The van der Waals surface area contributed by atoms with Crippen LogP contribution in [0.5, 0.6) is 0 Å². The molecule has 0 aliphatic heterocycles. The van der Waals surface area contributed by atoms with Gasteiger partial charge in [-0.15, -0.1) is 0 Å². The fraction of sp³-hybridized carbons (Fsp3) is 0.308. The van der Waals surface area contributed by atoms with Gasteiger partial charge in [-0.1, -0.05) is 11.6 Å². The SMILES string of the molecule is Cc1n[nH]c(C)c1CNc1ccc(NS(C)(=O)=O)c(Cl)c1. The highest BCUT2D eigenvalue weighted by Gasteiger charge is 2.09. The fourth-order valence-electron chi connectivity index (χ4n) is 1.93. The highest BCUT2D eigenvalue weighted by Crippen LogP contribution is 2.26. The molecule has 0 bridgehead atoms. The Morgan fingerprint density at radius 3 is 2.57 bits per heavy atom. The average Bonchev–Trinajstić information content (AvgIpc) is 2.68. The van der Waals surface area contributed by atoms with Crippen molar-refractivity contribution in [2.45, 2.75) is 20.4 Å².